The van der Waals surface area contributed by atoms with Crippen LogP contribution in [0.2, 0.25) is 5.02 Å². The summed E-state index contributed by atoms with van der Waals surface area (Å²) in [6.07, 6.45) is -3.10. The maximum Gasteiger partial charge on any atom is 0.419 e. The Kier molecular flexibility index (Phi) is 5.70. The summed E-state index contributed by atoms with van der Waals surface area (Å²) in [6.45, 7) is 3.40. The van der Waals surface area contributed by atoms with E-state index < -0.39 is 17.6 Å². The molecule has 0 bridgehead atoms. The van der Waals surface area contributed by atoms with E-state index in [1.807, 2.05) is 4.90 Å². The van der Waals surface area contributed by atoms with E-state index in [-0.39, 0.29) is 10.8 Å². The zero-order valence-electron chi connectivity index (χ0n) is 16.5. The topological polar surface area (TPSA) is 45.2 Å². The second kappa shape index (κ2) is 8.30. The maximum atomic E-state index is 13.5. The molecular weight excluding hydrogens is 434 g/mol. The molecule has 4 rings (SSSR count). The van der Waals surface area contributed by atoms with Gasteiger partial charge in [0.25, 0.3) is 0 Å². The minimum atomic E-state index is -4.46. The van der Waals surface area contributed by atoms with Gasteiger partial charge in [-0.1, -0.05) is 11.6 Å². The number of piperazine rings is 1. The van der Waals surface area contributed by atoms with Crippen LogP contribution in [-0.4, -0.2) is 41.1 Å². The van der Waals surface area contributed by atoms with Crippen LogP contribution in [0.15, 0.2) is 42.6 Å². The van der Waals surface area contributed by atoms with E-state index in [2.05, 4.69) is 15.0 Å². The number of hydrogen-bond donors (Lipinski definition) is 0. The largest absolute Gasteiger partial charge is 0.419 e. The number of benzene rings is 1. The average molecular weight is 452 g/mol. The van der Waals surface area contributed by atoms with E-state index in [0.29, 0.717) is 49.1 Å². The molecule has 0 amide bonds. The summed E-state index contributed by atoms with van der Waals surface area (Å²) in [5, 5.41) is -0.000223. The molecule has 1 saturated heterocycles. The summed E-state index contributed by atoms with van der Waals surface area (Å²) in [6, 6.07) is 8.47. The first-order valence-corrected chi connectivity index (χ1v) is 9.93. The second-order valence-corrected chi connectivity index (χ2v) is 7.54. The van der Waals surface area contributed by atoms with Gasteiger partial charge in [0.1, 0.15) is 23.3 Å². The van der Waals surface area contributed by atoms with Crippen molar-refractivity contribution in [3.63, 3.8) is 0 Å². The quantitative estimate of drug-likeness (QED) is 0.525. The molecule has 1 aromatic carbocycles. The Morgan fingerprint density at radius 1 is 0.968 bits per heavy atom. The number of pyridine rings is 1. The lowest BCUT2D eigenvalue weighted by Gasteiger charge is -2.37. The van der Waals surface area contributed by atoms with Gasteiger partial charge in [-0.25, -0.2) is 19.3 Å². The van der Waals surface area contributed by atoms with Crippen LogP contribution in [0.4, 0.5) is 29.2 Å². The number of alkyl halides is 3. The van der Waals surface area contributed by atoms with Gasteiger partial charge in [0.2, 0.25) is 0 Å². The minimum absolute atomic E-state index is 0.000223. The van der Waals surface area contributed by atoms with E-state index in [9.17, 15) is 17.6 Å². The van der Waals surface area contributed by atoms with Crippen LogP contribution in [-0.2, 0) is 6.18 Å². The molecule has 0 unspecified atom stereocenters. The van der Waals surface area contributed by atoms with E-state index in [1.165, 1.54) is 24.4 Å². The Hall–Kier alpha value is -2.94. The first-order chi connectivity index (χ1) is 14.7. The molecule has 0 atom stereocenters. The highest BCUT2D eigenvalue weighted by atomic mass is 35.5. The number of hydrogen-bond acceptors (Lipinski definition) is 5. The molecule has 0 spiro atoms. The van der Waals surface area contributed by atoms with Crippen LogP contribution in [0, 0.1) is 12.7 Å². The lowest BCUT2D eigenvalue weighted by molar-refractivity contribution is -0.137. The third-order valence-corrected chi connectivity index (χ3v) is 5.32. The molecular formula is C21H18ClF4N5. The van der Waals surface area contributed by atoms with Gasteiger partial charge in [-0.3, -0.25) is 0 Å². The molecule has 1 fully saturated rings. The molecule has 10 heteroatoms. The normalized spacial score (nSPS) is 14.8. The minimum Gasteiger partial charge on any atom is -0.353 e. The summed E-state index contributed by atoms with van der Waals surface area (Å²) in [7, 11) is 0. The monoisotopic (exact) mass is 451 g/mol. The van der Waals surface area contributed by atoms with Crippen molar-refractivity contribution < 1.29 is 17.6 Å². The van der Waals surface area contributed by atoms with Crippen molar-refractivity contribution in [1.29, 1.82) is 0 Å². The van der Waals surface area contributed by atoms with Crippen molar-refractivity contribution >= 4 is 23.2 Å². The molecule has 1 aliphatic heterocycles. The summed E-state index contributed by atoms with van der Waals surface area (Å²) in [5.74, 6) is 0.606. The van der Waals surface area contributed by atoms with E-state index in [0.717, 1.165) is 6.07 Å². The number of halogens is 5. The van der Waals surface area contributed by atoms with Crippen LogP contribution >= 0.6 is 11.6 Å². The number of aromatic nitrogens is 3. The van der Waals surface area contributed by atoms with Crippen LogP contribution < -0.4 is 9.80 Å². The van der Waals surface area contributed by atoms with E-state index in [1.54, 1.807) is 24.0 Å². The zero-order valence-corrected chi connectivity index (χ0v) is 17.3. The number of anilines is 2. The summed E-state index contributed by atoms with van der Waals surface area (Å²) < 4.78 is 53.5. The van der Waals surface area contributed by atoms with Crippen LogP contribution in [0.1, 0.15) is 11.4 Å². The van der Waals surface area contributed by atoms with Gasteiger partial charge in [-0.2, -0.15) is 13.2 Å². The fraction of sp³-hybridized carbons (Fsp3) is 0.286. The fourth-order valence-corrected chi connectivity index (χ4v) is 3.72. The predicted molar refractivity (Wildman–Crippen MR) is 111 cm³/mol. The van der Waals surface area contributed by atoms with E-state index in [4.69, 9.17) is 11.6 Å². The lowest BCUT2D eigenvalue weighted by Crippen LogP contribution is -2.47. The fourth-order valence-electron chi connectivity index (χ4n) is 3.53. The van der Waals surface area contributed by atoms with Crippen molar-refractivity contribution in [2.24, 2.45) is 0 Å². The zero-order chi connectivity index (χ0) is 22.2. The summed E-state index contributed by atoms with van der Waals surface area (Å²) in [4.78, 5) is 16.5. The highest BCUT2D eigenvalue weighted by Crippen LogP contribution is 2.35. The third kappa shape index (κ3) is 4.56. The van der Waals surface area contributed by atoms with Gasteiger partial charge in [0.05, 0.1) is 16.3 Å². The Balaban J connectivity index is 1.55. The van der Waals surface area contributed by atoms with Gasteiger partial charge in [0, 0.05) is 44.0 Å². The van der Waals surface area contributed by atoms with Crippen LogP contribution in [0.3, 0.4) is 0 Å². The molecule has 5 nitrogen and oxygen atoms in total. The predicted octanol–water partition coefficient (Wildman–Crippen LogP) is 4.98. The van der Waals surface area contributed by atoms with Gasteiger partial charge < -0.3 is 9.80 Å². The Bertz CT molecular complexity index is 1100. The Labute approximate surface area is 181 Å². The van der Waals surface area contributed by atoms with Gasteiger partial charge in [0.15, 0.2) is 0 Å². The SMILES string of the molecule is Cc1nc(-c2ccc(F)c(Cl)c2)cc(N2CCN(c3ncccc3C(F)(F)F)CC2)n1. The third-order valence-electron chi connectivity index (χ3n) is 5.04. The van der Waals surface area contributed by atoms with E-state index >= 15 is 0 Å². The van der Waals surface area contributed by atoms with Crippen molar-refractivity contribution in [1.82, 2.24) is 15.0 Å². The summed E-state index contributed by atoms with van der Waals surface area (Å²) in [5.41, 5.74) is 0.507. The van der Waals surface area contributed by atoms with Gasteiger partial charge >= 0.3 is 6.18 Å². The average Bonchev–Trinajstić information content (AvgIpc) is 2.75. The molecule has 2 aromatic heterocycles. The molecule has 0 aliphatic carbocycles. The standard InChI is InChI=1S/C21H18ClF4N5/c1-13-28-18(14-4-5-17(23)16(22)11-14)12-19(29-13)30-7-9-31(10-8-30)20-15(21(24,25)26)3-2-6-27-20/h2-6,11-12H,7-10H2,1H3. The molecule has 0 N–H and O–H groups in total. The van der Waals surface area contributed by atoms with Crippen molar-refractivity contribution in [2.75, 3.05) is 36.0 Å². The maximum absolute atomic E-state index is 13.5. The first kappa shape index (κ1) is 21.3. The molecule has 31 heavy (non-hydrogen) atoms. The molecule has 3 aromatic rings. The van der Waals surface area contributed by atoms with Crippen LogP contribution in [0.5, 0.6) is 0 Å². The molecule has 3 heterocycles. The molecule has 0 radical (unpaired) electrons. The van der Waals surface area contributed by atoms with Crippen LogP contribution in [0.25, 0.3) is 11.3 Å². The number of rotatable bonds is 3. The number of aryl methyl sites for hydroxylation is 1. The van der Waals surface area contributed by atoms with Gasteiger partial charge in [-0.05, 0) is 37.3 Å². The highest BCUT2D eigenvalue weighted by molar-refractivity contribution is 6.31. The molecule has 162 valence electrons. The smallest absolute Gasteiger partial charge is 0.353 e. The van der Waals surface area contributed by atoms with Crippen molar-refractivity contribution in [2.45, 2.75) is 13.1 Å². The lowest BCUT2D eigenvalue weighted by atomic mass is 10.1. The summed E-state index contributed by atoms with van der Waals surface area (Å²) >= 11 is 5.89. The Morgan fingerprint density at radius 3 is 2.35 bits per heavy atom. The highest BCUT2D eigenvalue weighted by Gasteiger charge is 2.36. The number of nitrogens with zero attached hydrogens (tertiary/aromatic N) is 5. The first-order valence-electron chi connectivity index (χ1n) is 9.55. The molecule has 0 saturated carbocycles. The van der Waals surface area contributed by atoms with Crippen molar-refractivity contribution in [3.8, 4) is 11.3 Å². The second-order valence-electron chi connectivity index (χ2n) is 7.13. The van der Waals surface area contributed by atoms with Gasteiger partial charge in [-0.15, -0.1) is 0 Å². The Morgan fingerprint density at radius 2 is 1.68 bits per heavy atom. The van der Waals surface area contributed by atoms with Crippen molar-refractivity contribution in [3.05, 3.63) is 64.8 Å². The molecule has 1 aliphatic rings.